The van der Waals surface area contributed by atoms with E-state index in [-0.39, 0.29) is 11.6 Å². The van der Waals surface area contributed by atoms with E-state index >= 15 is 0 Å². The van der Waals surface area contributed by atoms with Gasteiger partial charge in [-0.15, -0.1) is 10.2 Å². The number of carbonyl (C=O) groups is 1. The number of hydrogen-bond donors (Lipinski definition) is 2. The highest BCUT2D eigenvalue weighted by molar-refractivity contribution is 5.92. The maximum absolute atomic E-state index is 12.0. The number of furan rings is 1. The van der Waals surface area contributed by atoms with Gasteiger partial charge in [-0.2, -0.15) is 0 Å². The topological polar surface area (TPSA) is 89.3 Å². The standard InChI is InChI=1S/C18H18N4O3/c1-24-16-7-3-2-5-13(16)11-19-17-9-8-15(21-22-17)18(23)20-12-14-6-4-10-25-14/h2-10H,11-12H2,1H3,(H,19,22)(H,20,23). The van der Waals surface area contributed by atoms with Gasteiger partial charge in [-0.05, 0) is 30.3 Å². The number of methoxy groups -OCH3 is 1. The van der Waals surface area contributed by atoms with Crippen molar-refractivity contribution in [2.24, 2.45) is 0 Å². The zero-order valence-electron chi connectivity index (χ0n) is 13.7. The van der Waals surface area contributed by atoms with Gasteiger partial charge in [-0.1, -0.05) is 18.2 Å². The largest absolute Gasteiger partial charge is 0.496 e. The Bertz CT molecular complexity index is 817. The maximum Gasteiger partial charge on any atom is 0.272 e. The second-order valence-electron chi connectivity index (χ2n) is 5.23. The predicted octanol–water partition coefficient (Wildman–Crippen LogP) is 2.62. The lowest BCUT2D eigenvalue weighted by atomic mass is 10.2. The average Bonchev–Trinajstić information content (AvgIpc) is 3.18. The summed E-state index contributed by atoms with van der Waals surface area (Å²) in [6.45, 7) is 0.851. The fraction of sp³-hybridized carbons (Fsp3) is 0.167. The summed E-state index contributed by atoms with van der Waals surface area (Å²) in [5.41, 5.74) is 1.25. The van der Waals surface area contributed by atoms with Gasteiger partial charge in [0.25, 0.3) is 5.91 Å². The van der Waals surface area contributed by atoms with Crippen LogP contribution < -0.4 is 15.4 Å². The molecule has 0 saturated heterocycles. The minimum Gasteiger partial charge on any atom is -0.496 e. The van der Waals surface area contributed by atoms with E-state index in [1.165, 1.54) is 0 Å². The molecule has 0 bridgehead atoms. The van der Waals surface area contributed by atoms with Crippen LogP contribution in [0, 0.1) is 0 Å². The molecule has 0 fully saturated rings. The normalized spacial score (nSPS) is 10.3. The number of amides is 1. The Balaban J connectivity index is 1.55. The van der Waals surface area contributed by atoms with Gasteiger partial charge in [0.15, 0.2) is 5.69 Å². The van der Waals surface area contributed by atoms with E-state index in [1.807, 2.05) is 24.3 Å². The summed E-state index contributed by atoms with van der Waals surface area (Å²) < 4.78 is 10.5. The van der Waals surface area contributed by atoms with E-state index in [0.29, 0.717) is 24.7 Å². The number of ether oxygens (including phenoxy) is 1. The predicted molar refractivity (Wildman–Crippen MR) is 92.2 cm³/mol. The van der Waals surface area contributed by atoms with Crippen molar-refractivity contribution >= 4 is 11.7 Å². The Kier molecular flexibility index (Phi) is 5.26. The van der Waals surface area contributed by atoms with E-state index in [4.69, 9.17) is 9.15 Å². The molecule has 2 aromatic heterocycles. The third-order valence-corrected chi connectivity index (χ3v) is 3.55. The smallest absolute Gasteiger partial charge is 0.272 e. The maximum atomic E-state index is 12.0. The minimum atomic E-state index is -0.305. The molecule has 2 N–H and O–H groups in total. The third kappa shape index (κ3) is 4.35. The fourth-order valence-corrected chi connectivity index (χ4v) is 2.25. The summed E-state index contributed by atoms with van der Waals surface area (Å²) in [4.78, 5) is 12.0. The minimum absolute atomic E-state index is 0.245. The van der Waals surface area contributed by atoms with Crippen LogP contribution in [0.2, 0.25) is 0 Å². The molecule has 0 aliphatic carbocycles. The lowest BCUT2D eigenvalue weighted by molar-refractivity contribution is 0.0942. The van der Waals surface area contributed by atoms with Crippen LogP contribution in [0.15, 0.2) is 59.2 Å². The number of nitrogens with one attached hydrogen (secondary N) is 2. The number of para-hydroxylation sites is 1. The molecule has 0 spiro atoms. The first-order valence-corrected chi connectivity index (χ1v) is 7.76. The van der Waals surface area contributed by atoms with Crippen LogP contribution >= 0.6 is 0 Å². The zero-order valence-corrected chi connectivity index (χ0v) is 13.7. The Morgan fingerprint density at radius 2 is 1.96 bits per heavy atom. The molecule has 0 unspecified atom stereocenters. The van der Waals surface area contributed by atoms with Gasteiger partial charge in [0.1, 0.15) is 17.3 Å². The van der Waals surface area contributed by atoms with Crippen molar-refractivity contribution in [3.05, 3.63) is 71.8 Å². The van der Waals surface area contributed by atoms with Gasteiger partial charge in [0, 0.05) is 12.1 Å². The Hall–Kier alpha value is -3.35. The molecule has 0 aliphatic rings. The van der Waals surface area contributed by atoms with E-state index in [9.17, 15) is 4.79 Å². The summed E-state index contributed by atoms with van der Waals surface area (Å²) in [5, 5.41) is 13.9. The molecule has 2 heterocycles. The van der Waals surface area contributed by atoms with Crippen molar-refractivity contribution in [3.8, 4) is 5.75 Å². The van der Waals surface area contributed by atoms with Crippen molar-refractivity contribution in [3.63, 3.8) is 0 Å². The van der Waals surface area contributed by atoms with Gasteiger partial charge < -0.3 is 19.8 Å². The Labute approximate surface area is 145 Å². The second kappa shape index (κ2) is 7.96. The van der Waals surface area contributed by atoms with E-state index in [0.717, 1.165) is 11.3 Å². The number of carbonyl (C=O) groups excluding carboxylic acids is 1. The van der Waals surface area contributed by atoms with Crippen LogP contribution in [-0.4, -0.2) is 23.2 Å². The van der Waals surface area contributed by atoms with Gasteiger partial charge in [0.05, 0.1) is 19.9 Å². The molecular weight excluding hydrogens is 320 g/mol. The molecule has 7 nitrogen and oxygen atoms in total. The average molecular weight is 338 g/mol. The van der Waals surface area contributed by atoms with E-state index in [1.54, 1.807) is 37.6 Å². The van der Waals surface area contributed by atoms with Crippen molar-refractivity contribution < 1.29 is 13.9 Å². The zero-order chi connectivity index (χ0) is 17.5. The van der Waals surface area contributed by atoms with Gasteiger partial charge in [0.2, 0.25) is 0 Å². The van der Waals surface area contributed by atoms with E-state index < -0.39 is 0 Å². The molecule has 0 aliphatic heterocycles. The molecule has 3 aromatic rings. The first kappa shape index (κ1) is 16.5. The molecule has 0 saturated carbocycles. The molecule has 128 valence electrons. The van der Waals surface area contributed by atoms with Crippen molar-refractivity contribution in [1.29, 1.82) is 0 Å². The Morgan fingerprint density at radius 3 is 2.68 bits per heavy atom. The van der Waals surface area contributed by atoms with Gasteiger partial charge in [-0.3, -0.25) is 4.79 Å². The lowest BCUT2D eigenvalue weighted by Gasteiger charge is -2.09. The monoisotopic (exact) mass is 338 g/mol. The molecular formula is C18H18N4O3. The molecule has 7 heteroatoms. The molecule has 1 aromatic carbocycles. The van der Waals surface area contributed by atoms with E-state index in [2.05, 4.69) is 20.8 Å². The summed E-state index contributed by atoms with van der Waals surface area (Å²) in [7, 11) is 1.63. The van der Waals surface area contributed by atoms with Crippen LogP contribution in [0.4, 0.5) is 5.82 Å². The summed E-state index contributed by atoms with van der Waals surface area (Å²) >= 11 is 0. The molecule has 1 amide bonds. The molecule has 0 atom stereocenters. The number of nitrogens with zero attached hydrogens (tertiary/aromatic N) is 2. The molecule has 25 heavy (non-hydrogen) atoms. The van der Waals surface area contributed by atoms with Crippen LogP contribution in [0.5, 0.6) is 5.75 Å². The number of aromatic nitrogens is 2. The molecule has 0 radical (unpaired) electrons. The van der Waals surface area contributed by atoms with Gasteiger partial charge >= 0.3 is 0 Å². The number of anilines is 1. The summed E-state index contributed by atoms with van der Waals surface area (Å²) in [5.74, 6) is 1.75. The lowest BCUT2D eigenvalue weighted by Crippen LogP contribution is -2.24. The van der Waals surface area contributed by atoms with Crippen LogP contribution in [-0.2, 0) is 13.1 Å². The summed E-state index contributed by atoms with van der Waals surface area (Å²) in [6.07, 6.45) is 1.56. The molecule has 3 rings (SSSR count). The van der Waals surface area contributed by atoms with Crippen molar-refractivity contribution in [1.82, 2.24) is 15.5 Å². The van der Waals surface area contributed by atoms with Crippen LogP contribution in [0.1, 0.15) is 21.8 Å². The highest BCUT2D eigenvalue weighted by atomic mass is 16.5. The fourth-order valence-electron chi connectivity index (χ4n) is 2.25. The van der Waals surface area contributed by atoms with Crippen molar-refractivity contribution in [2.45, 2.75) is 13.1 Å². The van der Waals surface area contributed by atoms with Crippen LogP contribution in [0.25, 0.3) is 0 Å². The van der Waals surface area contributed by atoms with Gasteiger partial charge in [-0.25, -0.2) is 0 Å². The SMILES string of the molecule is COc1ccccc1CNc1ccc(C(=O)NCc2ccco2)nn1. The third-order valence-electron chi connectivity index (χ3n) is 3.55. The number of rotatable bonds is 7. The second-order valence-corrected chi connectivity index (χ2v) is 5.23. The highest BCUT2D eigenvalue weighted by Gasteiger charge is 2.09. The Morgan fingerprint density at radius 1 is 1.08 bits per heavy atom. The summed E-state index contributed by atoms with van der Waals surface area (Å²) in [6, 6.07) is 14.6. The van der Waals surface area contributed by atoms with Crippen LogP contribution in [0.3, 0.4) is 0 Å². The first-order valence-electron chi connectivity index (χ1n) is 7.76. The number of hydrogen-bond acceptors (Lipinski definition) is 6. The quantitative estimate of drug-likeness (QED) is 0.688. The number of benzene rings is 1. The van der Waals surface area contributed by atoms with Crippen molar-refractivity contribution in [2.75, 3.05) is 12.4 Å². The highest BCUT2D eigenvalue weighted by Crippen LogP contribution is 2.18. The first-order chi connectivity index (χ1) is 12.3.